The van der Waals surface area contributed by atoms with Crippen LogP contribution >= 0.6 is 34.4 Å². The number of fused-ring (bicyclic) bond motifs is 1. The minimum absolute atomic E-state index is 0.0548. The third kappa shape index (κ3) is 11.3. The number of imide groups is 1. The first-order chi connectivity index (χ1) is 23.3. The number of hydrogen-bond acceptors (Lipinski definition) is 14. The van der Waals surface area contributed by atoms with Crippen LogP contribution in [0.15, 0.2) is 63.8 Å². The Morgan fingerprint density at radius 3 is 2.65 bits per heavy atom. The van der Waals surface area contributed by atoms with Gasteiger partial charge in [0.25, 0.3) is 27.6 Å². The third-order valence-electron chi connectivity index (χ3n) is 7.26. The summed E-state index contributed by atoms with van der Waals surface area (Å²) >= 11 is 3.28. The highest BCUT2D eigenvalue weighted by Gasteiger charge is 2.32. The van der Waals surface area contributed by atoms with Crippen LogP contribution in [0.25, 0.3) is 10.9 Å². The molecule has 2 amide bonds. The van der Waals surface area contributed by atoms with Gasteiger partial charge in [-0.3, -0.25) is 29.2 Å². The number of aromatic nitrogens is 1. The fourth-order valence-corrected chi connectivity index (χ4v) is 7.07. The van der Waals surface area contributed by atoms with E-state index in [0.29, 0.717) is 39.8 Å². The number of carbonyl (C=O) groups excluding carboxylic acids is 3. The number of nitrogens with one attached hydrogen (secondary N) is 1. The molecular formula is C30H34IN7O9S2. The van der Waals surface area contributed by atoms with Crippen molar-refractivity contribution in [2.24, 2.45) is 10.2 Å². The number of unbranched alkanes of at least 4 members (excludes halogenated alkanes) is 2. The highest BCUT2D eigenvalue weighted by molar-refractivity contribution is 14.1. The normalized spacial score (nSPS) is 14.1. The maximum absolute atomic E-state index is 12.0. The van der Waals surface area contributed by atoms with Gasteiger partial charge in [-0.1, -0.05) is 18.2 Å². The number of anilines is 2. The Bertz CT molecular complexity index is 1830. The zero-order chi connectivity index (χ0) is 35.6. The quantitative estimate of drug-likeness (QED) is 0.0143. The molecule has 0 radical (unpaired) electrons. The summed E-state index contributed by atoms with van der Waals surface area (Å²) < 4.78 is 30.5. The summed E-state index contributed by atoms with van der Waals surface area (Å²) in [6.45, 7) is 0.905. The Morgan fingerprint density at radius 2 is 1.94 bits per heavy atom. The maximum atomic E-state index is 12.0. The Kier molecular flexibility index (Phi) is 13.6. The monoisotopic (exact) mass is 827 g/mol. The van der Waals surface area contributed by atoms with Crippen LogP contribution in [0.5, 0.6) is 0 Å². The smallest absolute Gasteiger partial charge is 0.333 e. The Labute approximate surface area is 300 Å². The third-order valence-corrected chi connectivity index (χ3v) is 9.96. The first-order valence-corrected chi connectivity index (χ1v) is 18.9. The number of hydrogen-bond donors (Lipinski definition) is 2. The summed E-state index contributed by atoms with van der Waals surface area (Å²) in [6.07, 6.45) is 4.05. The number of rotatable bonds is 18. The van der Waals surface area contributed by atoms with Gasteiger partial charge in [0.05, 0.1) is 16.2 Å². The molecule has 1 fully saturated rings. The van der Waals surface area contributed by atoms with Gasteiger partial charge in [0, 0.05) is 79.4 Å². The highest BCUT2D eigenvalue weighted by atomic mass is 127. The van der Waals surface area contributed by atoms with Crippen molar-refractivity contribution < 1.29 is 37.1 Å². The van der Waals surface area contributed by atoms with Crippen molar-refractivity contribution in [2.45, 2.75) is 53.2 Å². The molecule has 3 aromatic rings. The summed E-state index contributed by atoms with van der Waals surface area (Å²) in [4.78, 5) is 58.2. The van der Waals surface area contributed by atoms with Gasteiger partial charge in [-0.25, -0.2) is 4.79 Å². The number of halogens is 1. The van der Waals surface area contributed by atoms with E-state index in [1.165, 1.54) is 30.0 Å². The summed E-state index contributed by atoms with van der Waals surface area (Å²) in [5.74, 6) is -2.02. The number of nitro groups is 1. The van der Waals surface area contributed by atoms with Gasteiger partial charge in [-0.05, 0) is 72.2 Å². The molecule has 2 N–H and O–H groups in total. The average molecular weight is 828 g/mol. The number of alkyl halides is 1. The number of carbonyl (C=O) groups is 3. The number of non-ortho nitro benzene ring substituents is 1. The molecule has 262 valence electrons. The highest BCUT2D eigenvalue weighted by Crippen LogP contribution is 2.38. The number of benzene rings is 2. The van der Waals surface area contributed by atoms with Crippen LogP contribution < -0.4 is 10.2 Å². The molecule has 2 aromatic carbocycles. The summed E-state index contributed by atoms with van der Waals surface area (Å²) in [5.41, 5.74) is 2.53. The van der Waals surface area contributed by atoms with Gasteiger partial charge in [-0.15, -0.1) is 5.06 Å². The number of nitro benzene ring substituents is 1. The van der Waals surface area contributed by atoms with Crippen molar-refractivity contribution in [2.75, 3.05) is 36.1 Å². The summed E-state index contributed by atoms with van der Waals surface area (Å²) in [5, 5.41) is 24.7. The van der Waals surface area contributed by atoms with Gasteiger partial charge in [0.2, 0.25) is 0 Å². The summed E-state index contributed by atoms with van der Waals surface area (Å²) in [6, 6.07) is 11.8. The number of thioether (sulfide) groups is 1. The molecule has 2 heterocycles. The minimum Gasteiger partial charge on any atom is -0.384 e. The average Bonchev–Trinajstić information content (AvgIpc) is 3.37. The first-order valence-electron chi connectivity index (χ1n) is 15.2. The molecule has 1 atom stereocenters. The van der Waals surface area contributed by atoms with E-state index in [-0.39, 0.29) is 37.9 Å². The van der Waals surface area contributed by atoms with Crippen molar-refractivity contribution in [1.82, 2.24) is 10.0 Å². The molecule has 1 saturated heterocycles. The van der Waals surface area contributed by atoms with Gasteiger partial charge < -0.3 is 15.1 Å². The van der Waals surface area contributed by atoms with E-state index >= 15 is 0 Å². The van der Waals surface area contributed by atoms with E-state index in [9.17, 15) is 32.9 Å². The number of amides is 2. The standard InChI is InChI=1S/C30H34IN7O9S2/c1-36(17-4-2-3-8-28(41)47-37-26(39)13-14-27(37)40)24-12-11-23(29-21(24)7-5-15-33-29)34-35-30(31)48-25-19-20(38(42)43)9-10-22(25)32-16-6-18-49(44,45)46/h5,7,9-12,15,19,30,32H,2-4,6,8,13-14,16-18H2,1H3,(H,44,45,46). The van der Waals surface area contributed by atoms with Gasteiger partial charge in [0.1, 0.15) is 5.69 Å². The van der Waals surface area contributed by atoms with Crippen LogP contribution in [0.4, 0.5) is 22.7 Å². The zero-order valence-electron chi connectivity index (χ0n) is 26.4. The fourth-order valence-electron chi connectivity index (χ4n) is 4.86. The largest absolute Gasteiger partial charge is 0.384 e. The molecule has 0 aliphatic carbocycles. The summed E-state index contributed by atoms with van der Waals surface area (Å²) in [7, 11) is -2.15. The topological polar surface area (TPSA) is 214 Å². The molecule has 1 aromatic heterocycles. The van der Waals surface area contributed by atoms with Crippen molar-refractivity contribution >= 4 is 95.9 Å². The second-order valence-electron chi connectivity index (χ2n) is 10.9. The van der Waals surface area contributed by atoms with Crippen molar-refractivity contribution in [1.29, 1.82) is 0 Å². The molecular weight excluding hydrogens is 793 g/mol. The van der Waals surface area contributed by atoms with E-state index in [0.717, 1.165) is 23.9 Å². The van der Waals surface area contributed by atoms with E-state index in [2.05, 4.69) is 48.0 Å². The Morgan fingerprint density at radius 1 is 1.18 bits per heavy atom. The molecule has 1 aliphatic rings. The Balaban J connectivity index is 1.35. The number of nitrogens with zero attached hydrogens (tertiary/aromatic N) is 6. The molecule has 4 rings (SSSR count). The molecule has 0 saturated carbocycles. The molecule has 16 nitrogen and oxygen atoms in total. The fraction of sp³-hybridized carbons (Fsp3) is 0.400. The van der Waals surface area contributed by atoms with Crippen LogP contribution in [-0.4, -0.2) is 75.0 Å². The molecule has 1 unspecified atom stereocenters. The van der Waals surface area contributed by atoms with Crippen LogP contribution in [0.2, 0.25) is 0 Å². The van der Waals surface area contributed by atoms with Crippen molar-refractivity contribution in [3.63, 3.8) is 0 Å². The lowest BCUT2D eigenvalue weighted by Gasteiger charge is -2.21. The lowest BCUT2D eigenvalue weighted by Crippen LogP contribution is -2.31. The van der Waals surface area contributed by atoms with Gasteiger partial charge >= 0.3 is 5.97 Å². The van der Waals surface area contributed by atoms with E-state index in [1.54, 1.807) is 6.20 Å². The minimum atomic E-state index is -4.10. The molecule has 0 spiro atoms. The predicted molar refractivity (Wildman–Crippen MR) is 191 cm³/mol. The molecule has 19 heteroatoms. The maximum Gasteiger partial charge on any atom is 0.333 e. The SMILES string of the molecule is CN(CCCCCC(=O)ON1C(=O)CCC1=O)c1ccc(N=NC(I)Sc2cc([N+](=O)[O-])ccc2NCCCS(=O)(=O)O)c2ncccc12. The second-order valence-corrected chi connectivity index (χ2v) is 15.6. The van der Waals surface area contributed by atoms with Crippen molar-refractivity contribution in [3.8, 4) is 0 Å². The van der Waals surface area contributed by atoms with Gasteiger partial charge in [-0.2, -0.15) is 18.6 Å². The van der Waals surface area contributed by atoms with Crippen LogP contribution in [0, 0.1) is 10.1 Å². The van der Waals surface area contributed by atoms with Gasteiger partial charge in [0.15, 0.2) is 3.38 Å². The van der Waals surface area contributed by atoms with Crippen LogP contribution in [-0.2, 0) is 29.3 Å². The van der Waals surface area contributed by atoms with Crippen LogP contribution in [0.3, 0.4) is 0 Å². The number of pyridine rings is 1. The lowest BCUT2D eigenvalue weighted by atomic mass is 10.1. The Hall–Kier alpha value is -3.95. The zero-order valence-corrected chi connectivity index (χ0v) is 30.1. The molecule has 0 bridgehead atoms. The van der Waals surface area contributed by atoms with Crippen molar-refractivity contribution in [3.05, 3.63) is 58.8 Å². The second kappa shape index (κ2) is 17.6. The lowest BCUT2D eigenvalue weighted by molar-refractivity contribution is -0.385. The van der Waals surface area contributed by atoms with Crippen LogP contribution in [0.1, 0.15) is 44.9 Å². The van der Waals surface area contributed by atoms with E-state index in [1.807, 2.05) is 31.3 Å². The van der Waals surface area contributed by atoms with E-state index in [4.69, 9.17) is 9.39 Å². The number of azo groups is 1. The predicted octanol–water partition coefficient (Wildman–Crippen LogP) is 6.03. The number of hydroxylamine groups is 2. The molecule has 49 heavy (non-hydrogen) atoms. The van der Waals surface area contributed by atoms with E-state index < -0.39 is 42.0 Å². The first kappa shape index (κ1) is 37.9. The molecule has 1 aliphatic heterocycles.